The Morgan fingerprint density at radius 2 is 1.67 bits per heavy atom. The number of rotatable bonds is 3. The van der Waals surface area contributed by atoms with E-state index in [4.69, 9.17) is 5.11 Å². The smallest absolute Gasteiger partial charge is 0.335 e. The minimum atomic E-state index is -2.32. The van der Waals surface area contributed by atoms with Gasteiger partial charge in [-0.3, -0.25) is 4.21 Å². The lowest BCUT2D eigenvalue weighted by atomic mass is 10.0. The number of hydrogen-bond acceptors (Lipinski definition) is 3. The molecule has 0 spiro atoms. The molecule has 0 bridgehead atoms. The monoisotopic (exact) mass is 261 g/mol. The van der Waals surface area contributed by atoms with Crippen LogP contribution < -0.4 is 0 Å². The summed E-state index contributed by atoms with van der Waals surface area (Å²) in [5, 5.41) is 8.79. The van der Waals surface area contributed by atoms with Gasteiger partial charge in [0, 0.05) is 4.90 Å². The van der Waals surface area contributed by atoms with Crippen molar-refractivity contribution in [2.24, 2.45) is 0 Å². The highest BCUT2D eigenvalue weighted by molar-refractivity contribution is 7.79. The van der Waals surface area contributed by atoms with Crippen LogP contribution in [0.25, 0.3) is 11.1 Å². The van der Waals surface area contributed by atoms with Crippen molar-refractivity contribution in [3.63, 3.8) is 0 Å². The number of carbonyl (C=O) groups is 1. The Morgan fingerprint density at radius 1 is 1.06 bits per heavy atom. The molecular weight excluding hydrogens is 252 g/mol. The van der Waals surface area contributed by atoms with E-state index in [1.165, 1.54) is 18.2 Å². The largest absolute Gasteiger partial charge is 0.768 e. The van der Waals surface area contributed by atoms with Gasteiger partial charge in [-0.2, -0.15) is 0 Å². The van der Waals surface area contributed by atoms with Crippen molar-refractivity contribution in [1.82, 2.24) is 0 Å². The highest BCUT2D eigenvalue weighted by Gasteiger charge is 2.06. The lowest BCUT2D eigenvalue weighted by molar-refractivity contribution is 0.0697. The van der Waals surface area contributed by atoms with Crippen molar-refractivity contribution < 1.29 is 18.7 Å². The highest BCUT2D eigenvalue weighted by atomic mass is 32.2. The molecule has 92 valence electrons. The fourth-order valence-corrected chi connectivity index (χ4v) is 2.20. The molecule has 2 aromatic carbocycles. The Kier molecular flexibility index (Phi) is 3.55. The Hall–Kier alpha value is -1.98. The standard InChI is InChI=1S/C13H10O4S/c14-13(15)10-7-5-9(6-8-10)11-3-1-2-4-12(11)18(16)17/h1-8H,(H,14,15)(H,16,17)/p-1. The van der Waals surface area contributed by atoms with Crippen LogP contribution in [0.3, 0.4) is 0 Å². The summed E-state index contributed by atoms with van der Waals surface area (Å²) in [5.74, 6) is -1.01. The molecule has 0 radical (unpaired) electrons. The van der Waals surface area contributed by atoms with Crippen LogP contribution in [0.15, 0.2) is 53.4 Å². The summed E-state index contributed by atoms with van der Waals surface area (Å²) in [7, 11) is 0. The van der Waals surface area contributed by atoms with E-state index in [0.717, 1.165) is 0 Å². The Bertz CT molecular complexity index is 605. The first kappa shape index (κ1) is 12.5. The van der Waals surface area contributed by atoms with Gasteiger partial charge in [0.1, 0.15) is 0 Å². The zero-order chi connectivity index (χ0) is 13.1. The number of aromatic carboxylic acids is 1. The minimum Gasteiger partial charge on any atom is -0.768 e. The summed E-state index contributed by atoms with van der Waals surface area (Å²) in [6, 6.07) is 12.6. The van der Waals surface area contributed by atoms with E-state index in [0.29, 0.717) is 11.1 Å². The van der Waals surface area contributed by atoms with Crippen LogP contribution in [0.2, 0.25) is 0 Å². The second kappa shape index (κ2) is 5.12. The highest BCUT2D eigenvalue weighted by Crippen LogP contribution is 2.25. The first-order valence-electron chi connectivity index (χ1n) is 5.11. The van der Waals surface area contributed by atoms with Gasteiger partial charge in [0.15, 0.2) is 0 Å². The third kappa shape index (κ3) is 2.47. The molecule has 0 saturated heterocycles. The molecule has 1 unspecified atom stereocenters. The number of hydrogen-bond donors (Lipinski definition) is 1. The first-order chi connectivity index (χ1) is 8.59. The molecule has 0 amide bonds. The molecule has 1 atom stereocenters. The molecule has 0 aromatic heterocycles. The van der Waals surface area contributed by atoms with E-state index in [9.17, 15) is 13.6 Å². The lowest BCUT2D eigenvalue weighted by Crippen LogP contribution is -1.96. The van der Waals surface area contributed by atoms with Crippen molar-refractivity contribution in [3.05, 3.63) is 54.1 Å². The van der Waals surface area contributed by atoms with Gasteiger partial charge in [0.05, 0.1) is 5.56 Å². The molecule has 0 heterocycles. The average Bonchev–Trinajstić information content (AvgIpc) is 2.39. The van der Waals surface area contributed by atoms with Gasteiger partial charge in [0.2, 0.25) is 0 Å². The summed E-state index contributed by atoms with van der Waals surface area (Å²) >= 11 is -2.32. The fourth-order valence-electron chi connectivity index (χ4n) is 1.64. The summed E-state index contributed by atoms with van der Waals surface area (Å²) in [5.41, 5.74) is 1.39. The van der Waals surface area contributed by atoms with Crippen LogP contribution in [-0.2, 0) is 11.1 Å². The van der Waals surface area contributed by atoms with Gasteiger partial charge >= 0.3 is 5.97 Å². The van der Waals surface area contributed by atoms with Gasteiger partial charge in [-0.15, -0.1) is 0 Å². The summed E-state index contributed by atoms with van der Waals surface area (Å²) in [6.45, 7) is 0. The SMILES string of the molecule is O=C(O)c1ccc(-c2ccccc2S(=O)[O-])cc1. The van der Waals surface area contributed by atoms with Gasteiger partial charge in [0.25, 0.3) is 0 Å². The quantitative estimate of drug-likeness (QED) is 0.860. The summed E-state index contributed by atoms with van der Waals surface area (Å²) in [6.07, 6.45) is 0. The summed E-state index contributed by atoms with van der Waals surface area (Å²) in [4.78, 5) is 10.9. The molecule has 1 N–H and O–H groups in total. The van der Waals surface area contributed by atoms with Crippen LogP contribution in [-0.4, -0.2) is 19.8 Å². The minimum absolute atomic E-state index is 0.166. The number of carboxylic acid groups (broad SMARTS) is 1. The van der Waals surface area contributed by atoms with Crippen molar-refractivity contribution in [2.75, 3.05) is 0 Å². The molecule has 2 rings (SSSR count). The lowest BCUT2D eigenvalue weighted by Gasteiger charge is -2.11. The van der Waals surface area contributed by atoms with Crippen molar-refractivity contribution in [1.29, 1.82) is 0 Å². The van der Waals surface area contributed by atoms with Crippen LogP contribution in [0, 0.1) is 0 Å². The Balaban J connectivity index is 2.49. The van der Waals surface area contributed by atoms with E-state index >= 15 is 0 Å². The van der Waals surface area contributed by atoms with Crippen LogP contribution in [0.1, 0.15) is 10.4 Å². The van der Waals surface area contributed by atoms with Gasteiger partial charge in [-0.05, 0) is 40.4 Å². The van der Waals surface area contributed by atoms with Crippen LogP contribution in [0.4, 0.5) is 0 Å². The molecule has 4 nitrogen and oxygen atoms in total. The molecule has 0 aliphatic carbocycles. The zero-order valence-corrected chi connectivity index (χ0v) is 10.0. The predicted octanol–water partition coefficient (Wildman–Crippen LogP) is 2.29. The second-order valence-electron chi connectivity index (χ2n) is 3.61. The Labute approximate surface area is 106 Å². The Morgan fingerprint density at radius 3 is 2.22 bits per heavy atom. The van der Waals surface area contributed by atoms with Crippen molar-refractivity contribution >= 4 is 17.0 Å². The predicted molar refractivity (Wildman–Crippen MR) is 66.0 cm³/mol. The third-order valence-corrected chi connectivity index (χ3v) is 3.22. The maximum atomic E-state index is 11.1. The van der Waals surface area contributed by atoms with E-state index < -0.39 is 17.0 Å². The molecular formula is C13H9O4S-. The van der Waals surface area contributed by atoms with E-state index in [-0.39, 0.29) is 10.5 Å². The molecule has 0 aliphatic heterocycles. The molecule has 0 saturated carbocycles. The average molecular weight is 261 g/mol. The number of benzene rings is 2. The molecule has 2 aromatic rings. The molecule has 18 heavy (non-hydrogen) atoms. The van der Waals surface area contributed by atoms with Crippen LogP contribution >= 0.6 is 0 Å². The van der Waals surface area contributed by atoms with Crippen molar-refractivity contribution in [2.45, 2.75) is 4.90 Å². The van der Waals surface area contributed by atoms with Gasteiger partial charge < -0.3 is 9.66 Å². The third-order valence-electron chi connectivity index (χ3n) is 2.51. The normalized spacial score (nSPS) is 12.1. The fraction of sp³-hybridized carbons (Fsp3) is 0. The maximum Gasteiger partial charge on any atom is 0.335 e. The molecule has 5 heteroatoms. The summed E-state index contributed by atoms with van der Waals surface area (Å²) < 4.78 is 22.2. The van der Waals surface area contributed by atoms with Crippen molar-refractivity contribution in [3.8, 4) is 11.1 Å². The molecule has 0 fully saturated rings. The van der Waals surface area contributed by atoms with Gasteiger partial charge in [-0.25, -0.2) is 4.79 Å². The van der Waals surface area contributed by atoms with Crippen LogP contribution in [0.5, 0.6) is 0 Å². The van der Waals surface area contributed by atoms with E-state index in [1.54, 1.807) is 30.3 Å². The first-order valence-corrected chi connectivity index (χ1v) is 6.19. The molecule has 0 aliphatic rings. The topological polar surface area (TPSA) is 77.4 Å². The zero-order valence-electron chi connectivity index (χ0n) is 9.20. The van der Waals surface area contributed by atoms with E-state index in [1.807, 2.05) is 0 Å². The number of carboxylic acids is 1. The van der Waals surface area contributed by atoms with Gasteiger partial charge in [-0.1, -0.05) is 30.3 Å². The van der Waals surface area contributed by atoms with E-state index in [2.05, 4.69) is 0 Å². The maximum absolute atomic E-state index is 11.1. The second-order valence-corrected chi connectivity index (χ2v) is 4.52.